The van der Waals surface area contributed by atoms with E-state index in [0.717, 1.165) is 13.0 Å². The zero-order valence-corrected chi connectivity index (χ0v) is 12.2. The Bertz CT molecular complexity index is 320. The van der Waals surface area contributed by atoms with Crippen molar-refractivity contribution >= 4 is 5.91 Å². The van der Waals surface area contributed by atoms with Crippen LogP contribution in [0.1, 0.15) is 26.7 Å². The van der Waals surface area contributed by atoms with E-state index in [1.807, 2.05) is 0 Å². The van der Waals surface area contributed by atoms with Crippen molar-refractivity contribution in [1.29, 1.82) is 0 Å². The lowest BCUT2D eigenvalue weighted by molar-refractivity contribution is -0.192. The second kappa shape index (κ2) is 6.20. The van der Waals surface area contributed by atoms with Crippen LogP contribution in [0, 0.1) is 11.3 Å². The van der Waals surface area contributed by atoms with Gasteiger partial charge in [-0.25, -0.2) is 0 Å². The predicted molar refractivity (Wildman–Crippen MR) is 72.9 cm³/mol. The molecule has 1 saturated heterocycles. The van der Waals surface area contributed by atoms with Crippen molar-refractivity contribution in [3.63, 3.8) is 0 Å². The monoisotopic (exact) mass is 270 g/mol. The van der Waals surface area contributed by atoms with Crippen molar-refractivity contribution < 1.29 is 14.3 Å². The zero-order valence-electron chi connectivity index (χ0n) is 12.2. The van der Waals surface area contributed by atoms with Crippen LogP contribution in [0.4, 0.5) is 0 Å². The quantitative estimate of drug-likeness (QED) is 0.692. The number of carbonyl (C=O) groups excluding carboxylic acids is 1. The molecule has 1 aliphatic carbocycles. The van der Waals surface area contributed by atoms with Gasteiger partial charge in [-0.05, 0) is 12.8 Å². The second-order valence-electron chi connectivity index (χ2n) is 6.12. The van der Waals surface area contributed by atoms with E-state index < -0.39 is 0 Å². The summed E-state index contributed by atoms with van der Waals surface area (Å²) in [6.45, 7) is 6.83. The molecule has 3 unspecified atom stereocenters. The van der Waals surface area contributed by atoms with Crippen molar-refractivity contribution in [3.8, 4) is 0 Å². The Morgan fingerprint density at radius 2 is 2.26 bits per heavy atom. The van der Waals surface area contributed by atoms with Crippen LogP contribution in [0.2, 0.25) is 0 Å². The first-order valence-corrected chi connectivity index (χ1v) is 7.18. The highest BCUT2D eigenvalue weighted by Gasteiger charge is 2.57. The fourth-order valence-corrected chi connectivity index (χ4v) is 3.49. The number of carbonyl (C=O) groups is 1. The smallest absolute Gasteiger partial charge is 0.234 e. The van der Waals surface area contributed by atoms with Crippen LogP contribution in [0.15, 0.2) is 0 Å². The minimum atomic E-state index is 0.0352. The predicted octanol–water partition coefficient (Wildman–Crippen LogP) is 0.542. The number of rotatable bonds is 6. The summed E-state index contributed by atoms with van der Waals surface area (Å²) in [6, 6.07) is 0.381. The highest BCUT2D eigenvalue weighted by Crippen LogP contribution is 2.51. The Labute approximate surface area is 115 Å². The minimum absolute atomic E-state index is 0.0352. The van der Waals surface area contributed by atoms with E-state index in [4.69, 9.17) is 9.47 Å². The molecule has 2 rings (SSSR count). The third-order valence-electron chi connectivity index (χ3n) is 4.44. The van der Waals surface area contributed by atoms with Crippen LogP contribution in [0.5, 0.6) is 0 Å². The van der Waals surface area contributed by atoms with Gasteiger partial charge in [-0.2, -0.15) is 0 Å². The summed E-state index contributed by atoms with van der Waals surface area (Å²) in [5.74, 6) is 0.601. The highest BCUT2D eigenvalue weighted by atomic mass is 16.5. The van der Waals surface area contributed by atoms with E-state index in [2.05, 4.69) is 24.5 Å². The second-order valence-corrected chi connectivity index (χ2v) is 6.12. The van der Waals surface area contributed by atoms with E-state index in [0.29, 0.717) is 37.8 Å². The van der Waals surface area contributed by atoms with Crippen LogP contribution in [-0.4, -0.2) is 51.5 Å². The third kappa shape index (κ3) is 3.09. The van der Waals surface area contributed by atoms with Crippen LogP contribution in [0.3, 0.4) is 0 Å². The van der Waals surface area contributed by atoms with Gasteiger partial charge in [0.15, 0.2) is 0 Å². The molecule has 0 aromatic carbocycles. The van der Waals surface area contributed by atoms with Crippen molar-refractivity contribution in [3.05, 3.63) is 0 Å². The molecule has 2 aliphatic rings. The molecule has 3 atom stereocenters. The van der Waals surface area contributed by atoms with Crippen molar-refractivity contribution in [2.75, 3.05) is 33.4 Å². The van der Waals surface area contributed by atoms with Gasteiger partial charge in [-0.15, -0.1) is 0 Å². The van der Waals surface area contributed by atoms with Crippen molar-refractivity contribution in [2.45, 2.75) is 38.8 Å². The summed E-state index contributed by atoms with van der Waals surface area (Å²) < 4.78 is 10.8. The van der Waals surface area contributed by atoms with Gasteiger partial charge in [0, 0.05) is 37.6 Å². The Balaban J connectivity index is 1.74. The molecule has 2 N–H and O–H groups in total. The first-order chi connectivity index (χ1) is 9.07. The van der Waals surface area contributed by atoms with E-state index in [1.54, 1.807) is 7.11 Å². The Kier molecular flexibility index (Phi) is 4.81. The average Bonchev–Trinajstić information content (AvgIpc) is 2.39. The van der Waals surface area contributed by atoms with Gasteiger partial charge in [-0.1, -0.05) is 13.8 Å². The normalized spacial score (nSPS) is 32.3. The number of nitrogens with one attached hydrogen (secondary N) is 2. The highest BCUT2D eigenvalue weighted by molar-refractivity contribution is 5.78. The molecule has 1 saturated carbocycles. The molecular weight excluding hydrogens is 244 g/mol. The summed E-state index contributed by atoms with van der Waals surface area (Å²) in [6.07, 6.45) is 2.70. The Morgan fingerprint density at radius 3 is 3.00 bits per heavy atom. The number of hydrogen-bond donors (Lipinski definition) is 2. The molecule has 0 bridgehead atoms. The summed E-state index contributed by atoms with van der Waals surface area (Å²) in [4.78, 5) is 11.7. The van der Waals surface area contributed by atoms with E-state index in [1.165, 1.54) is 6.42 Å². The maximum atomic E-state index is 11.7. The molecule has 1 heterocycles. The number of methoxy groups -OCH3 is 1. The van der Waals surface area contributed by atoms with Gasteiger partial charge in [0.05, 0.1) is 19.3 Å². The lowest BCUT2D eigenvalue weighted by Crippen LogP contribution is -2.69. The first kappa shape index (κ1) is 14.8. The SMILES string of the molecule is COCCNC(=O)CNC1C2CCCOC2C1(C)C. The fourth-order valence-electron chi connectivity index (χ4n) is 3.49. The van der Waals surface area contributed by atoms with E-state index in [9.17, 15) is 4.79 Å². The van der Waals surface area contributed by atoms with Gasteiger partial charge >= 0.3 is 0 Å². The largest absolute Gasteiger partial charge is 0.383 e. The van der Waals surface area contributed by atoms with Crippen molar-refractivity contribution in [1.82, 2.24) is 10.6 Å². The summed E-state index contributed by atoms with van der Waals surface area (Å²) in [5.41, 5.74) is 0.123. The third-order valence-corrected chi connectivity index (χ3v) is 4.44. The average molecular weight is 270 g/mol. The lowest BCUT2D eigenvalue weighted by atomic mass is 9.55. The Hall–Kier alpha value is -0.650. The topological polar surface area (TPSA) is 59.6 Å². The maximum Gasteiger partial charge on any atom is 0.234 e. The van der Waals surface area contributed by atoms with Crippen LogP contribution >= 0.6 is 0 Å². The molecule has 0 spiro atoms. The number of amides is 1. The number of fused-ring (bicyclic) bond motifs is 1. The van der Waals surface area contributed by atoms with Gasteiger partial charge in [-0.3, -0.25) is 4.79 Å². The van der Waals surface area contributed by atoms with Gasteiger partial charge in [0.25, 0.3) is 0 Å². The molecule has 5 heteroatoms. The van der Waals surface area contributed by atoms with E-state index >= 15 is 0 Å². The molecule has 1 amide bonds. The van der Waals surface area contributed by atoms with Crippen molar-refractivity contribution in [2.24, 2.45) is 11.3 Å². The molecule has 5 nitrogen and oxygen atoms in total. The standard InChI is InChI=1S/C14H26N2O3/c1-14(2)12(10-5-4-7-19-13(10)14)16-9-11(17)15-6-8-18-3/h10,12-13,16H,4-9H2,1-3H3,(H,15,17). The van der Waals surface area contributed by atoms with Gasteiger partial charge < -0.3 is 20.1 Å². The van der Waals surface area contributed by atoms with E-state index in [-0.39, 0.29) is 11.3 Å². The van der Waals surface area contributed by atoms with Crippen LogP contribution in [0.25, 0.3) is 0 Å². The molecule has 0 radical (unpaired) electrons. The molecule has 0 aromatic heterocycles. The molecule has 0 aromatic rings. The summed E-state index contributed by atoms with van der Waals surface area (Å²) in [7, 11) is 1.63. The minimum Gasteiger partial charge on any atom is -0.383 e. The molecule has 110 valence electrons. The maximum absolute atomic E-state index is 11.7. The Morgan fingerprint density at radius 1 is 1.47 bits per heavy atom. The number of ether oxygens (including phenoxy) is 2. The van der Waals surface area contributed by atoms with Crippen LogP contribution in [-0.2, 0) is 14.3 Å². The zero-order chi connectivity index (χ0) is 13.9. The molecule has 1 aliphatic heterocycles. The van der Waals surface area contributed by atoms with Gasteiger partial charge in [0.1, 0.15) is 0 Å². The fraction of sp³-hybridized carbons (Fsp3) is 0.929. The molecule has 19 heavy (non-hydrogen) atoms. The summed E-state index contributed by atoms with van der Waals surface area (Å²) >= 11 is 0. The first-order valence-electron chi connectivity index (χ1n) is 7.18. The molecule has 2 fully saturated rings. The van der Waals surface area contributed by atoms with Gasteiger partial charge in [0.2, 0.25) is 5.91 Å². The number of hydrogen-bond acceptors (Lipinski definition) is 4. The lowest BCUT2D eigenvalue weighted by Gasteiger charge is -2.60. The van der Waals surface area contributed by atoms with Crippen LogP contribution < -0.4 is 10.6 Å². The summed E-state index contributed by atoms with van der Waals surface area (Å²) in [5, 5.41) is 6.23. The molecular formula is C14H26N2O3.